The van der Waals surface area contributed by atoms with E-state index in [4.69, 9.17) is 10.00 Å². The van der Waals surface area contributed by atoms with E-state index in [9.17, 15) is 14.3 Å². The molecule has 2 heterocycles. The van der Waals surface area contributed by atoms with E-state index >= 15 is 0 Å². The molecule has 1 unspecified atom stereocenters. The Morgan fingerprint density at radius 2 is 2.17 bits per heavy atom. The fraction of sp³-hybridized carbons (Fsp3) is 0.286. The van der Waals surface area contributed by atoms with Gasteiger partial charge in [0.2, 0.25) is 11.8 Å². The quantitative estimate of drug-likeness (QED) is 0.671. The summed E-state index contributed by atoms with van der Waals surface area (Å²) in [5, 5.41) is 23.5. The van der Waals surface area contributed by atoms with Gasteiger partial charge in [-0.15, -0.1) is 0 Å². The van der Waals surface area contributed by atoms with Crippen LogP contribution in [-0.4, -0.2) is 38.8 Å². The fourth-order valence-electron chi connectivity index (χ4n) is 2.98. The number of ether oxygens (including phenoxy) is 1. The lowest BCUT2D eigenvalue weighted by Gasteiger charge is -2.23. The molecule has 1 amide bonds. The Morgan fingerprint density at radius 1 is 1.33 bits per heavy atom. The molecule has 30 heavy (non-hydrogen) atoms. The van der Waals surface area contributed by atoms with Crippen molar-refractivity contribution in [3.8, 4) is 11.9 Å². The predicted molar refractivity (Wildman–Crippen MR) is 106 cm³/mol. The normalized spacial score (nSPS) is 15.1. The topological polar surface area (TPSA) is 112 Å². The lowest BCUT2D eigenvalue weighted by molar-refractivity contribution is -0.133. The first kappa shape index (κ1) is 21.1. The van der Waals surface area contributed by atoms with E-state index in [-0.39, 0.29) is 37.1 Å². The van der Waals surface area contributed by atoms with Gasteiger partial charge in [-0.3, -0.25) is 4.79 Å². The predicted octanol–water partition coefficient (Wildman–Crippen LogP) is 2.65. The lowest BCUT2D eigenvalue weighted by atomic mass is 10.0. The van der Waals surface area contributed by atoms with Gasteiger partial charge in [0.15, 0.2) is 5.69 Å². The number of hydrogen-bond donors (Lipinski definition) is 1. The van der Waals surface area contributed by atoms with E-state index in [2.05, 4.69) is 21.6 Å². The van der Waals surface area contributed by atoms with Gasteiger partial charge < -0.3 is 9.84 Å². The van der Waals surface area contributed by atoms with Gasteiger partial charge in [-0.2, -0.15) is 10.4 Å². The molecule has 1 N–H and O–H groups in total. The minimum atomic E-state index is -0.465. The molecule has 0 saturated heterocycles. The van der Waals surface area contributed by atoms with Gasteiger partial charge in [-0.25, -0.2) is 19.4 Å². The van der Waals surface area contributed by atoms with Gasteiger partial charge in [0.25, 0.3) is 0 Å². The third-order valence-corrected chi connectivity index (χ3v) is 4.49. The van der Waals surface area contributed by atoms with Crippen molar-refractivity contribution in [1.29, 1.82) is 5.26 Å². The SMILES string of the molecule is C=C(CCC(=O)N1N=CCC1c1cc(F)cc(CO)c1)COc1cnc(C#N)cn1. The van der Waals surface area contributed by atoms with Crippen molar-refractivity contribution in [1.82, 2.24) is 15.0 Å². The summed E-state index contributed by atoms with van der Waals surface area (Å²) in [5.74, 6) is -0.424. The molecule has 0 fully saturated rings. The molecule has 2 aromatic rings. The summed E-state index contributed by atoms with van der Waals surface area (Å²) in [7, 11) is 0. The first-order valence-corrected chi connectivity index (χ1v) is 9.26. The number of carbonyl (C=O) groups excluding carboxylic acids is 1. The second-order valence-electron chi connectivity index (χ2n) is 6.73. The summed E-state index contributed by atoms with van der Waals surface area (Å²) in [6, 6.07) is 5.75. The minimum absolute atomic E-state index is 0.157. The Labute approximate surface area is 172 Å². The highest BCUT2D eigenvalue weighted by molar-refractivity contribution is 5.80. The number of aliphatic hydroxyl groups is 1. The van der Waals surface area contributed by atoms with Crippen LogP contribution < -0.4 is 4.74 Å². The smallest absolute Gasteiger partial charge is 0.243 e. The van der Waals surface area contributed by atoms with Crippen LogP contribution in [-0.2, 0) is 11.4 Å². The van der Waals surface area contributed by atoms with E-state index in [1.807, 2.05) is 6.07 Å². The fourth-order valence-corrected chi connectivity index (χ4v) is 2.98. The molecule has 154 valence electrons. The number of aromatic nitrogens is 2. The lowest BCUT2D eigenvalue weighted by Crippen LogP contribution is -2.27. The Kier molecular flexibility index (Phi) is 6.83. The third-order valence-electron chi connectivity index (χ3n) is 4.49. The summed E-state index contributed by atoms with van der Waals surface area (Å²) in [6.45, 7) is 3.78. The van der Waals surface area contributed by atoms with E-state index in [1.165, 1.54) is 29.5 Å². The van der Waals surface area contributed by atoms with Crippen molar-refractivity contribution in [2.75, 3.05) is 6.61 Å². The molecule has 0 bridgehead atoms. The van der Waals surface area contributed by atoms with Crippen LogP contribution in [0.15, 0.2) is 47.8 Å². The molecule has 1 aromatic carbocycles. The summed E-state index contributed by atoms with van der Waals surface area (Å²) < 4.78 is 19.3. The van der Waals surface area contributed by atoms with E-state index < -0.39 is 11.9 Å². The molecule has 0 aliphatic carbocycles. The van der Waals surface area contributed by atoms with Crippen LogP contribution in [0.2, 0.25) is 0 Å². The standard InChI is InChI=1S/C21H20FN5O3/c1-14(13-30-20-11-24-18(9-23)10-25-20)2-3-21(29)27-19(4-5-26-27)16-6-15(12-28)7-17(22)8-16/h5-8,10-11,19,28H,1-4,12-13H2. The van der Waals surface area contributed by atoms with Crippen molar-refractivity contribution < 1.29 is 19.0 Å². The zero-order valence-electron chi connectivity index (χ0n) is 16.2. The van der Waals surface area contributed by atoms with Gasteiger partial charge in [-0.05, 0) is 35.3 Å². The van der Waals surface area contributed by atoms with E-state index in [0.29, 0.717) is 29.5 Å². The van der Waals surface area contributed by atoms with Crippen molar-refractivity contribution in [2.45, 2.75) is 31.9 Å². The summed E-state index contributed by atoms with van der Waals surface area (Å²) in [4.78, 5) is 20.5. The van der Waals surface area contributed by atoms with Gasteiger partial charge in [0.05, 0.1) is 25.0 Å². The second-order valence-corrected chi connectivity index (χ2v) is 6.73. The Morgan fingerprint density at radius 3 is 2.87 bits per heavy atom. The molecule has 1 atom stereocenters. The highest BCUT2D eigenvalue weighted by atomic mass is 19.1. The Balaban J connectivity index is 1.53. The average molecular weight is 409 g/mol. The number of aliphatic hydroxyl groups excluding tert-OH is 1. The number of rotatable bonds is 8. The maximum absolute atomic E-state index is 13.8. The van der Waals surface area contributed by atoms with Crippen LogP contribution in [0.3, 0.4) is 0 Å². The molecular weight excluding hydrogens is 389 g/mol. The van der Waals surface area contributed by atoms with Crippen LogP contribution in [0.4, 0.5) is 4.39 Å². The number of benzene rings is 1. The molecule has 9 heteroatoms. The van der Waals surface area contributed by atoms with Crippen LogP contribution >= 0.6 is 0 Å². The molecule has 0 radical (unpaired) electrons. The van der Waals surface area contributed by atoms with Gasteiger partial charge >= 0.3 is 0 Å². The minimum Gasteiger partial charge on any atom is -0.472 e. The molecule has 0 spiro atoms. The molecular formula is C21H20FN5O3. The summed E-state index contributed by atoms with van der Waals surface area (Å²) >= 11 is 0. The summed E-state index contributed by atoms with van der Waals surface area (Å²) in [5.41, 5.74) is 1.91. The molecule has 3 rings (SSSR count). The monoisotopic (exact) mass is 409 g/mol. The Bertz CT molecular complexity index is 1000. The Hall–Kier alpha value is -3.64. The number of hydrazone groups is 1. The highest BCUT2D eigenvalue weighted by Gasteiger charge is 2.28. The highest BCUT2D eigenvalue weighted by Crippen LogP contribution is 2.30. The van der Waals surface area contributed by atoms with Crippen molar-refractivity contribution in [2.24, 2.45) is 5.10 Å². The number of nitriles is 1. The van der Waals surface area contributed by atoms with Crippen LogP contribution in [0.1, 0.15) is 42.1 Å². The number of amides is 1. The summed E-state index contributed by atoms with van der Waals surface area (Å²) in [6.07, 6.45) is 5.29. The maximum Gasteiger partial charge on any atom is 0.243 e. The number of nitrogens with zero attached hydrogens (tertiary/aromatic N) is 5. The molecule has 1 aromatic heterocycles. The zero-order chi connectivity index (χ0) is 21.5. The largest absolute Gasteiger partial charge is 0.472 e. The van der Waals surface area contributed by atoms with E-state index in [1.54, 1.807) is 12.3 Å². The first-order valence-electron chi connectivity index (χ1n) is 9.26. The zero-order valence-corrected chi connectivity index (χ0v) is 16.2. The van der Waals surface area contributed by atoms with Gasteiger partial charge in [-0.1, -0.05) is 12.6 Å². The number of carbonyl (C=O) groups is 1. The van der Waals surface area contributed by atoms with Crippen molar-refractivity contribution >= 4 is 12.1 Å². The van der Waals surface area contributed by atoms with Crippen molar-refractivity contribution in [3.63, 3.8) is 0 Å². The maximum atomic E-state index is 13.8. The molecule has 8 nitrogen and oxygen atoms in total. The average Bonchev–Trinajstić information content (AvgIpc) is 3.26. The van der Waals surface area contributed by atoms with Gasteiger partial charge in [0, 0.05) is 19.1 Å². The van der Waals surface area contributed by atoms with Crippen LogP contribution in [0.5, 0.6) is 5.88 Å². The number of hydrogen-bond acceptors (Lipinski definition) is 7. The molecule has 1 aliphatic rings. The number of halogens is 1. The first-order chi connectivity index (χ1) is 14.5. The van der Waals surface area contributed by atoms with E-state index in [0.717, 1.165) is 0 Å². The molecule has 0 saturated carbocycles. The molecule has 1 aliphatic heterocycles. The van der Waals surface area contributed by atoms with Crippen molar-refractivity contribution in [3.05, 3.63) is 65.4 Å². The third kappa shape index (κ3) is 5.24. The van der Waals surface area contributed by atoms with Crippen LogP contribution in [0.25, 0.3) is 0 Å². The van der Waals surface area contributed by atoms with Gasteiger partial charge in [0.1, 0.15) is 18.5 Å². The second kappa shape index (κ2) is 9.71. The van der Waals surface area contributed by atoms with Crippen LogP contribution in [0, 0.1) is 17.1 Å².